The van der Waals surface area contributed by atoms with Gasteiger partial charge in [0, 0.05) is 16.7 Å². The van der Waals surface area contributed by atoms with Crippen molar-refractivity contribution in [1.82, 2.24) is 0 Å². The molecule has 0 spiro atoms. The van der Waals surface area contributed by atoms with Crippen molar-refractivity contribution in [2.24, 2.45) is 5.92 Å². The molecule has 1 aliphatic carbocycles. The first-order valence-corrected chi connectivity index (χ1v) is 12.1. The van der Waals surface area contributed by atoms with Crippen molar-refractivity contribution in [1.29, 1.82) is 0 Å². The van der Waals surface area contributed by atoms with Gasteiger partial charge in [-0.2, -0.15) is 0 Å². The molecule has 0 bridgehead atoms. The fourth-order valence-electron chi connectivity index (χ4n) is 5.26. The summed E-state index contributed by atoms with van der Waals surface area (Å²) in [5.41, 5.74) is 1.71. The Labute approximate surface area is 216 Å². The number of aliphatic hydroxyl groups is 1. The molecular weight excluding hydrogens is 476 g/mol. The summed E-state index contributed by atoms with van der Waals surface area (Å²) < 4.78 is 41.5. The van der Waals surface area contributed by atoms with E-state index in [4.69, 9.17) is 33.2 Å². The van der Waals surface area contributed by atoms with E-state index < -0.39 is 11.7 Å². The Morgan fingerprint density at radius 2 is 1.57 bits per heavy atom. The van der Waals surface area contributed by atoms with E-state index in [9.17, 15) is 5.11 Å². The monoisotopic (exact) mass is 508 g/mol. The second kappa shape index (κ2) is 9.59. The molecule has 0 unspecified atom stereocenters. The number of para-hydroxylation sites is 1. The minimum Gasteiger partial charge on any atom is -0.493 e. The molecule has 0 saturated carbocycles. The highest BCUT2D eigenvalue weighted by Crippen LogP contribution is 2.59. The predicted octanol–water partition coefficient (Wildman–Crippen LogP) is 5.18. The number of methoxy groups -OCH3 is 4. The number of fused-ring (bicyclic) bond motifs is 4. The van der Waals surface area contributed by atoms with Crippen molar-refractivity contribution in [3.8, 4) is 51.4 Å². The molecule has 8 nitrogen and oxygen atoms in total. The predicted molar refractivity (Wildman–Crippen MR) is 138 cm³/mol. The van der Waals surface area contributed by atoms with Crippen molar-refractivity contribution in [2.75, 3.05) is 35.2 Å². The van der Waals surface area contributed by atoms with E-state index >= 15 is 0 Å². The lowest BCUT2D eigenvalue weighted by Crippen LogP contribution is -2.44. The van der Waals surface area contributed by atoms with Crippen LogP contribution in [0.4, 0.5) is 0 Å². The summed E-state index contributed by atoms with van der Waals surface area (Å²) in [6.07, 6.45) is -0.280. The van der Waals surface area contributed by atoms with Crippen molar-refractivity contribution < 1.29 is 38.3 Å². The topological polar surface area (TPSA) is 84.8 Å². The SMILES string of the molecule is COc1cc2c(c(OC)c1OC)-c1c(cc3c(c1OC)OCO3)C[C@@H](C)[C@](C)(O)[C@@H]2Oc1ccccc1. The lowest BCUT2D eigenvalue weighted by molar-refractivity contribution is -0.0871. The highest BCUT2D eigenvalue weighted by Gasteiger charge is 2.46. The summed E-state index contributed by atoms with van der Waals surface area (Å²) in [4.78, 5) is 0. The van der Waals surface area contributed by atoms with Gasteiger partial charge in [0.1, 0.15) is 11.4 Å². The molecule has 1 N–H and O–H groups in total. The van der Waals surface area contributed by atoms with Crippen LogP contribution in [-0.2, 0) is 6.42 Å². The number of hydrogen-bond donors (Lipinski definition) is 1. The number of ether oxygens (including phenoxy) is 7. The van der Waals surface area contributed by atoms with Gasteiger partial charge in [-0.25, -0.2) is 0 Å². The van der Waals surface area contributed by atoms with Crippen LogP contribution in [0.2, 0.25) is 0 Å². The molecule has 3 atom stereocenters. The Bertz CT molecular complexity index is 1300. The van der Waals surface area contributed by atoms with Gasteiger partial charge in [0.25, 0.3) is 0 Å². The van der Waals surface area contributed by atoms with Gasteiger partial charge in [-0.15, -0.1) is 0 Å². The van der Waals surface area contributed by atoms with Gasteiger partial charge < -0.3 is 38.3 Å². The number of hydrogen-bond acceptors (Lipinski definition) is 8. The van der Waals surface area contributed by atoms with Crippen molar-refractivity contribution in [2.45, 2.75) is 32.0 Å². The Hall–Kier alpha value is -3.78. The Balaban J connectivity index is 1.91. The van der Waals surface area contributed by atoms with Gasteiger partial charge in [-0.1, -0.05) is 25.1 Å². The summed E-state index contributed by atoms with van der Waals surface area (Å²) in [7, 11) is 6.29. The van der Waals surface area contributed by atoms with E-state index in [0.717, 1.165) is 11.1 Å². The van der Waals surface area contributed by atoms with Gasteiger partial charge in [0.05, 0.1) is 28.4 Å². The van der Waals surface area contributed by atoms with E-state index in [1.807, 2.05) is 49.4 Å². The summed E-state index contributed by atoms with van der Waals surface area (Å²) in [6.45, 7) is 3.90. The smallest absolute Gasteiger partial charge is 0.231 e. The molecule has 0 fully saturated rings. The van der Waals surface area contributed by atoms with Crippen LogP contribution < -0.4 is 33.2 Å². The quantitative estimate of drug-likeness (QED) is 0.488. The highest BCUT2D eigenvalue weighted by atomic mass is 16.7. The molecule has 1 heterocycles. The van der Waals surface area contributed by atoms with Crippen LogP contribution in [0.5, 0.6) is 40.2 Å². The third-order valence-corrected chi connectivity index (χ3v) is 7.35. The summed E-state index contributed by atoms with van der Waals surface area (Å²) in [5, 5.41) is 12.1. The molecule has 3 aromatic rings. The largest absolute Gasteiger partial charge is 0.493 e. The molecule has 5 rings (SSSR count). The third kappa shape index (κ3) is 3.96. The van der Waals surface area contributed by atoms with Gasteiger partial charge in [-0.05, 0) is 49.1 Å². The maximum atomic E-state index is 12.1. The van der Waals surface area contributed by atoms with Crippen LogP contribution in [0, 0.1) is 5.92 Å². The standard InChI is InChI=1S/C29H32O8/c1-16-12-17-13-21-25(36-15-35-21)26(33-5)22(17)23-19(14-20(31-3)24(32-4)27(23)34-6)28(29(16,2)30)37-18-10-8-7-9-11-18/h7-11,13-14,16,28,30H,12,15H2,1-6H3/t16-,28-,29+/m1/s1. The van der Waals surface area contributed by atoms with E-state index in [2.05, 4.69) is 0 Å². The molecule has 8 heteroatoms. The molecule has 0 saturated heterocycles. The van der Waals surface area contributed by atoms with E-state index in [1.54, 1.807) is 35.4 Å². The van der Waals surface area contributed by atoms with Crippen LogP contribution in [0.15, 0.2) is 42.5 Å². The second-order valence-electron chi connectivity index (χ2n) is 9.43. The van der Waals surface area contributed by atoms with Crippen molar-refractivity contribution in [3.63, 3.8) is 0 Å². The fourth-order valence-corrected chi connectivity index (χ4v) is 5.26. The van der Waals surface area contributed by atoms with Crippen LogP contribution in [0.3, 0.4) is 0 Å². The minimum absolute atomic E-state index is 0.0948. The molecule has 3 aromatic carbocycles. The zero-order valence-electron chi connectivity index (χ0n) is 21.9. The van der Waals surface area contributed by atoms with Crippen LogP contribution in [0.25, 0.3) is 11.1 Å². The van der Waals surface area contributed by atoms with Crippen LogP contribution in [-0.4, -0.2) is 45.9 Å². The first-order valence-electron chi connectivity index (χ1n) is 12.1. The second-order valence-corrected chi connectivity index (χ2v) is 9.43. The summed E-state index contributed by atoms with van der Waals surface area (Å²) in [6, 6.07) is 13.2. The number of rotatable bonds is 6. The zero-order valence-corrected chi connectivity index (χ0v) is 21.9. The molecule has 37 heavy (non-hydrogen) atoms. The van der Waals surface area contributed by atoms with Crippen molar-refractivity contribution in [3.05, 3.63) is 53.6 Å². The van der Waals surface area contributed by atoms with E-state index in [-0.39, 0.29) is 12.7 Å². The van der Waals surface area contributed by atoms with Crippen molar-refractivity contribution >= 4 is 0 Å². The Morgan fingerprint density at radius 1 is 0.865 bits per heavy atom. The summed E-state index contributed by atoms with van der Waals surface area (Å²) >= 11 is 0. The summed E-state index contributed by atoms with van der Waals surface area (Å²) in [5.74, 6) is 3.33. The number of benzene rings is 3. The molecule has 0 amide bonds. The first kappa shape index (κ1) is 24.9. The first-order chi connectivity index (χ1) is 17.8. The molecule has 2 aliphatic rings. The van der Waals surface area contributed by atoms with Gasteiger partial charge in [0.2, 0.25) is 18.3 Å². The van der Waals surface area contributed by atoms with E-state index in [1.165, 1.54) is 0 Å². The lowest BCUT2D eigenvalue weighted by Gasteiger charge is -2.41. The van der Waals surface area contributed by atoms with Crippen LogP contribution in [0.1, 0.15) is 31.1 Å². The normalized spacial score (nSPS) is 21.7. The van der Waals surface area contributed by atoms with Crippen LogP contribution >= 0.6 is 0 Å². The Kier molecular flexibility index (Phi) is 6.45. The maximum Gasteiger partial charge on any atom is 0.231 e. The molecular formula is C29H32O8. The molecule has 0 aromatic heterocycles. The average Bonchev–Trinajstić information content (AvgIpc) is 3.38. The molecule has 1 aliphatic heterocycles. The van der Waals surface area contributed by atoms with E-state index in [0.29, 0.717) is 57.8 Å². The Morgan fingerprint density at radius 3 is 2.22 bits per heavy atom. The highest BCUT2D eigenvalue weighted by molar-refractivity contribution is 5.89. The minimum atomic E-state index is -1.30. The third-order valence-electron chi connectivity index (χ3n) is 7.35. The van der Waals surface area contributed by atoms with Gasteiger partial charge in [-0.3, -0.25) is 0 Å². The van der Waals surface area contributed by atoms with Gasteiger partial charge in [0.15, 0.2) is 29.1 Å². The van der Waals surface area contributed by atoms with Gasteiger partial charge >= 0.3 is 0 Å². The maximum absolute atomic E-state index is 12.1. The molecule has 196 valence electrons. The average molecular weight is 509 g/mol. The zero-order chi connectivity index (χ0) is 26.3. The fraction of sp³-hybridized carbons (Fsp3) is 0.379. The lowest BCUT2D eigenvalue weighted by atomic mass is 9.73. The molecule has 0 radical (unpaired) electrons.